The van der Waals surface area contributed by atoms with Gasteiger partial charge in [0.2, 0.25) is 0 Å². The van der Waals surface area contributed by atoms with Crippen LogP contribution in [0.1, 0.15) is 26.7 Å². The highest BCUT2D eigenvalue weighted by Gasteiger charge is 2.22. The van der Waals surface area contributed by atoms with Gasteiger partial charge in [0.25, 0.3) is 0 Å². The summed E-state index contributed by atoms with van der Waals surface area (Å²) in [7, 11) is 1.66. The number of hydrogen-bond donors (Lipinski definition) is 1. The van der Waals surface area contributed by atoms with Crippen LogP contribution in [0.5, 0.6) is 5.75 Å². The van der Waals surface area contributed by atoms with Gasteiger partial charge < -0.3 is 9.84 Å². The molecule has 0 saturated heterocycles. The second-order valence-corrected chi connectivity index (χ2v) is 4.95. The third kappa shape index (κ3) is 3.72. The van der Waals surface area contributed by atoms with Crippen molar-refractivity contribution in [3.8, 4) is 5.75 Å². The second kappa shape index (κ2) is 6.16. The molecule has 1 aromatic carbocycles. The van der Waals surface area contributed by atoms with Crippen LogP contribution in [-0.4, -0.2) is 23.6 Å². The summed E-state index contributed by atoms with van der Waals surface area (Å²) >= 11 is 1.68. The van der Waals surface area contributed by atoms with E-state index in [-0.39, 0.29) is 0 Å². The summed E-state index contributed by atoms with van der Waals surface area (Å²) in [5.41, 5.74) is -0.548. The summed E-state index contributed by atoms with van der Waals surface area (Å²) in [6.07, 6.45) is 1.58. The van der Waals surface area contributed by atoms with Crippen molar-refractivity contribution in [3.63, 3.8) is 0 Å². The Hall–Kier alpha value is -0.670. The van der Waals surface area contributed by atoms with E-state index >= 15 is 0 Å². The van der Waals surface area contributed by atoms with Gasteiger partial charge >= 0.3 is 0 Å². The van der Waals surface area contributed by atoms with Crippen LogP contribution in [-0.2, 0) is 0 Å². The molecule has 90 valence electrons. The topological polar surface area (TPSA) is 29.5 Å². The monoisotopic (exact) mass is 240 g/mol. The van der Waals surface area contributed by atoms with Crippen molar-refractivity contribution in [1.82, 2.24) is 0 Å². The zero-order chi connectivity index (χ0) is 12.0. The van der Waals surface area contributed by atoms with Crippen LogP contribution < -0.4 is 4.74 Å². The van der Waals surface area contributed by atoms with Crippen LogP contribution in [0.25, 0.3) is 0 Å². The van der Waals surface area contributed by atoms with Crippen molar-refractivity contribution in [2.45, 2.75) is 37.2 Å². The smallest absolute Gasteiger partial charge is 0.119 e. The Bertz CT molecular complexity index is 321. The van der Waals surface area contributed by atoms with Gasteiger partial charge in [-0.1, -0.05) is 19.9 Å². The first-order valence-electron chi connectivity index (χ1n) is 5.63. The molecule has 1 rings (SSSR count). The fraction of sp³-hybridized carbons (Fsp3) is 0.538. The number of methoxy groups -OCH3 is 1. The van der Waals surface area contributed by atoms with Gasteiger partial charge in [-0.2, -0.15) is 0 Å². The Morgan fingerprint density at radius 3 is 2.56 bits per heavy atom. The van der Waals surface area contributed by atoms with E-state index in [1.807, 2.05) is 38.1 Å². The van der Waals surface area contributed by atoms with Gasteiger partial charge in [-0.25, -0.2) is 0 Å². The van der Waals surface area contributed by atoms with E-state index in [4.69, 9.17) is 4.74 Å². The Kier molecular flexibility index (Phi) is 5.16. The average Bonchev–Trinajstić information content (AvgIpc) is 2.36. The Morgan fingerprint density at radius 2 is 2.00 bits per heavy atom. The normalized spacial score (nSPS) is 11.5. The van der Waals surface area contributed by atoms with Crippen molar-refractivity contribution < 1.29 is 9.84 Å². The van der Waals surface area contributed by atoms with Crippen molar-refractivity contribution in [2.75, 3.05) is 12.9 Å². The van der Waals surface area contributed by atoms with Crippen LogP contribution in [0.4, 0.5) is 0 Å². The Labute approximate surface area is 102 Å². The number of aliphatic hydroxyl groups is 1. The molecular weight excluding hydrogens is 220 g/mol. The summed E-state index contributed by atoms with van der Waals surface area (Å²) in [5, 5.41) is 10.2. The lowest BCUT2D eigenvalue weighted by molar-refractivity contribution is 0.0572. The number of thioether (sulfide) groups is 1. The van der Waals surface area contributed by atoms with E-state index in [9.17, 15) is 5.11 Å². The fourth-order valence-corrected chi connectivity index (χ4v) is 2.58. The lowest BCUT2D eigenvalue weighted by atomic mass is 10.0. The highest BCUT2D eigenvalue weighted by atomic mass is 32.2. The highest BCUT2D eigenvalue weighted by Crippen LogP contribution is 2.28. The van der Waals surface area contributed by atoms with Crippen LogP contribution in [0.2, 0.25) is 0 Å². The SMILES string of the molecule is CCC(O)(CC)CSc1cccc(OC)c1. The number of benzene rings is 1. The van der Waals surface area contributed by atoms with Crippen LogP contribution in [0.3, 0.4) is 0 Å². The zero-order valence-corrected chi connectivity index (χ0v) is 11.0. The molecule has 0 aromatic heterocycles. The van der Waals surface area contributed by atoms with Gasteiger partial charge in [0.05, 0.1) is 12.7 Å². The maximum Gasteiger partial charge on any atom is 0.119 e. The Balaban J connectivity index is 2.60. The van der Waals surface area contributed by atoms with Gasteiger partial charge in [0.1, 0.15) is 5.75 Å². The summed E-state index contributed by atoms with van der Waals surface area (Å²) in [6, 6.07) is 7.93. The number of hydrogen-bond acceptors (Lipinski definition) is 3. The van der Waals surface area contributed by atoms with Crippen molar-refractivity contribution in [3.05, 3.63) is 24.3 Å². The maximum atomic E-state index is 10.2. The molecular formula is C13H20O2S. The van der Waals surface area contributed by atoms with Gasteiger partial charge in [0.15, 0.2) is 0 Å². The molecule has 1 aromatic rings. The zero-order valence-electron chi connectivity index (χ0n) is 10.2. The molecule has 0 fully saturated rings. The van der Waals surface area contributed by atoms with Crippen LogP contribution in [0.15, 0.2) is 29.2 Å². The summed E-state index contributed by atoms with van der Waals surface area (Å²) in [5.74, 6) is 1.59. The van der Waals surface area contributed by atoms with Crippen LogP contribution in [0, 0.1) is 0 Å². The standard InChI is InChI=1S/C13H20O2S/c1-4-13(14,5-2)10-16-12-8-6-7-11(9-12)15-3/h6-9,14H,4-5,10H2,1-3H3. The molecule has 0 saturated carbocycles. The number of ether oxygens (including phenoxy) is 1. The van der Waals surface area contributed by atoms with Crippen molar-refractivity contribution in [2.24, 2.45) is 0 Å². The second-order valence-electron chi connectivity index (χ2n) is 3.90. The summed E-state index contributed by atoms with van der Waals surface area (Å²) in [4.78, 5) is 1.14. The molecule has 0 aliphatic rings. The molecule has 0 aliphatic carbocycles. The van der Waals surface area contributed by atoms with E-state index < -0.39 is 5.60 Å². The molecule has 16 heavy (non-hydrogen) atoms. The third-order valence-corrected chi connectivity index (χ3v) is 4.13. The predicted octanol–water partition coefficient (Wildman–Crippen LogP) is 3.34. The molecule has 0 unspecified atom stereocenters. The van der Waals surface area contributed by atoms with E-state index in [0.717, 1.165) is 29.2 Å². The minimum Gasteiger partial charge on any atom is -0.497 e. The minimum absolute atomic E-state index is 0.548. The van der Waals surface area contributed by atoms with E-state index in [0.29, 0.717) is 0 Å². The predicted molar refractivity (Wildman–Crippen MR) is 69.2 cm³/mol. The minimum atomic E-state index is -0.548. The molecule has 1 N–H and O–H groups in total. The lowest BCUT2D eigenvalue weighted by Gasteiger charge is -2.24. The summed E-state index contributed by atoms with van der Waals surface area (Å²) < 4.78 is 5.16. The fourth-order valence-electron chi connectivity index (χ4n) is 1.36. The molecule has 0 spiro atoms. The highest BCUT2D eigenvalue weighted by molar-refractivity contribution is 7.99. The quantitative estimate of drug-likeness (QED) is 0.773. The molecule has 0 atom stereocenters. The molecule has 2 nitrogen and oxygen atoms in total. The first-order valence-corrected chi connectivity index (χ1v) is 6.61. The molecule has 0 amide bonds. The average molecular weight is 240 g/mol. The lowest BCUT2D eigenvalue weighted by Crippen LogP contribution is -2.29. The van der Waals surface area contributed by atoms with Gasteiger partial charge in [-0.3, -0.25) is 0 Å². The largest absolute Gasteiger partial charge is 0.497 e. The van der Waals surface area contributed by atoms with Crippen molar-refractivity contribution in [1.29, 1.82) is 0 Å². The van der Waals surface area contributed by atoms with Gasteiger partial charge in [-0.15, -0.1) is 11.8 Å². The Morgan fingerprint density at radius 1 is 1.31 bits per heavy atom. The third-order valence-electron chi connectivity index (χ3n) is 2.86. The molecule has 3 heteroatoms. The summed E-state index contributed by atoms with van der Waals surface area (Å²) in [6.45, 7) is 4.05. The van der Waals surface area contributed by atoms with E-state index in [2.05, 4.69) is 0 Å². The van der Waals surface area contributed by atoms with E-state index in [1.165, 1.54) is 0 Å². The van der Waals surface area contributed by atoms with Crippen LogP contribution >= 0.6 is 11.8 Å². The first-order chi connectivity index (χ1) is 7.63. The maximum absolute atomic E-state index is 10.2. The van der Waals surface area contributed by atoms with Gasteiger partial charge in [-0.05, 0) is 31.0 Å². The van der Waals surface area contributed by atoms with Crippen molar-refractivity contribution >= 4 is 11.8 Å². The van der Waals surface area contributed by atoms with Gasteiger partial charge in [0, 0.05) is 10.6 Å². The molecule has 0 radical (unpaired) electrons. The molecule has 0 bridgehead atoms. The number of rotatable bonds is 6. The first kappa shape index (κ1) is 13.4. The van der Waals surface area contributed by atoms with E-state index in [1.54, 1.807) is 18.9 Å². The molecule has 0 aliphatic heterocycles. The molecule has 0 heterocycles.